The van der Waals surface area contributed by atoms with Crippen LogP contribution in [0.4, 0.5) is 0 Å². The summed E-state index contributed by atoms with van der Waals surface area (Å²) in [5.74, 6) is 0.118. The molecular weight excluding hydrogens is 262 g/mol. The van der Waals surface area contributed by atoms with E-state index >= 15 is 0 Å². The summed E-state index contributed by atoms with van der Waals surface area (Å²) < 4.78 is 0. The molecule has 0 saturated carbocycles. The Bertz CT molecular complexity index is 684. The number of nitrogens with two attached hydrogens (primary N) is 1. The van der Waals surface area contributed by atoms with E-state index in [0.717, 1.165) is 16.5 Å². The number of hydrogen-bond donors (Lipinski definition) is 1. The number of aromatic nitrogens is 1. The molecule has 2 unspecified atom stereocenters. The second kappa shape index (κ2) is 4.81. The summed E-state index contributed by atoms with van der Waals surface area (Å²) in [6, 6.07) is 9.74. The van der Waals surface area contributed by atoms with Gasteiger partial charge in [0.05, 0.1) is 11.6 Å². The topological polar surface area (TPSA) is 59.2 Å². The van der Waals surface area contributed by atoms with Crippen LogP contribution in [0.2, 0.25) is 0 Å². The fraction of sp³-hybridized carbons (Fsp3) is 0.412. The van der Waals surface area contributed by atoms with E-state index in [2.05, 4.69) is 25.8 Å². The molecule has 1 amide bonds. The Morgan fingerprint density at radius 3 is 2.67 bits per heavy atom. The first-order valence-corrected chi connectivity index (χ1v) is 7.31. The number of rotatable bonds is 1. The van der Waals surface area contributed by atoms with Crippen LogP contribution in [-0.4, -0.2) is 27.4 Å². The van der Waals surface area contributed by atoms with Gasteiger partial charge in [0, 0.05) is 35.1 Å². The van der Waals surface area contributed by atoms with Crippen LogP contribution in [0.25, 0.3) is 10.9 Å². The third-order valence-electron chi connectivity index (χ3n) is 4.07. The van der Waals surface area contributed by atoms with Crippen molar-refractivity contribution < 1.29 is 4.79 Å². The molecule has 1 aromatic heterocycles. The van der Waals surface area contributed by atoms with Crippen LogP contribution in [0, 0.1) is 0 Å². The van der Waals surface area contributed by atoms with E-state index in [1.54, 1.807) is 6.20 Å². The van der Waals surface area contributed by atoms with Crippen LogP contribution in [0.1, 0.15) is 38.8 Å². The molecule has 0 spiro atoms. The summed E-state index contributed by atoms with van der Waals surface area (Å²) in [5.41, 5.74) is 8.01. The highest BCUT2D eigenvalue weighted by Gasteiger charge is 2.44. The molecule has 2 N–H and O–H groups in total. The van der Waals surface area contributed by atoms with Crippen LogP contribution >= 0.6 is 0 Å². The molecule has 2 atom stereocenters. The van der Waals surface area contributed by atoms with Gasteiger partial charge in [-0.15, -0.1) is 0 Å². The number of pyridine rings is 1. The maximum Gasteiger partial charge on any atom is 0.225 e. The van der Waals surface area contributed by atoms with Crippen molar-refractivity contribution in [1.29, 1.82) is 0 Å². The van der Waals surface area contributed by atoms with Crippen LogP contribution in [0.5, 0.6) is 0 Å². The average Bonchev–Trinajstić information content (AvgIpc) is 2.72. The maximum absolute atomic E-state index is 12.4. The maximum atomic E-state index is 12.4. The summed E-state index contributed by atoms with van der Waals surface area (Å²) in [6.07, 6.45) is 2.18. The fourth-order valence-corrected chi connectivity index (χ4v) is 3.29. The number of amides is 1. The monoisotopic (exact) mass is 283 g/mol. The Hall–Kier alpha value is -1.94. The van der Waals surface area contributed by atoms with Gasteiger partial charge in [-0.3, -0.25) is 9.78 Å². The minimum absolute atomic E-state index is 0.115. The van der Waals surface area contributed by atoms with E-state index < -0.39 is 0 Å². The molecule has 1 fully saturated rings. The van der Waals surface area contributed by atoms with Gasteiger partial charge in [0.25, 0.3) is 0 Å². The first kappa shape index (κ1) is 14.0. The molecule has 0 aliphatic carbocycles. The predicted molar refractivity (Wildman–Crippen MR) is 83.7 cm³/mol. The number of nitrogens with zero attached hydrogens (tertiary/aromatic N) is 2. The first-order valence-electron chi connectivity index (χ1n) is 7.31. The van der Waals surface area contributed by atoms with Crippen molar-refractivity contribution in [3.05, 3.63) is 42.1 Å². The summed E-state index contributed by atoms with van der Waals surface area (Å²) in [5, 5.41) is 1.08. The highest BCUT2D eigenvalue weighted by atomic mass is 16.2. The van der Waals surface area contributed by atoms with Gasteiger partial charge in [0.15, 0.2) is 0 Å². The molecule has 4 nitrogen and oxygen atoms in total. The summed E-state index contributed by atoms with van der Waals surface area (Å²) in [4.78, 5) is 18.8. The van der Waals surface area contributed by atoms with E-state index in [1.165, 1.54) is 0 Å². The summed E-state index contributed by atoms with van der Waals surface area (Å²) in [7, 11) is 0. The molecule has 1 aliphatic heterocycles. The molecule has 3 rings (SSSR count). The number of para-hydroxylation sites is 1. The van der Waals surface area contributed by atoms with Gasteiger partial charge in [-0.25, -0.2) is 0 Å². The largest absolute Gasteiger partial charge is 0.329 e. The Balaban J connectivity index is 2.18. The van der Waals surface area contributed by atoms with Crippen molar-refractivity contribution in [2.75, 3.05) is 0 Å². The fourth-order valence-electron chi connectivity index (χ4n) is 3.29. The molecular formula is C17H21N3O. The van der Waals surface area contributed by atoms with Crippen molar-refractivity contribution in [1.82, 2.24) is 9.88 Å². The highest BCUT2D eigenvalue weighted by Crippen LogP contribution is 2.39. The van der Waals surface area contributed by atoms with Crippen LogP contribution in [0.15, 0.2) is 36.5 Å². The molecule has 1 saturated heterocycles. The molecule has 4 heteroatoms. The molecule has 0 radical (unpaired) electrons. The number of likely N-dealkylation sites (tertiary alicyclic amines) is 1. The van der Waals surface area contributed by atoms with Gasteiger partial charge in [-0.05, 0) is 26.8 Å². The number of carbonyl (C=O) groups excluding carboxylic acids is 1. The zero-order valence-electron chi connectivity index (χ0n) is 12.7. The van der Waals surface area contributed by atoms with E-state index in [1.807, 2.05) is 35.2 Å². The lowest BCUT2D eigenvalue weighted by Gasteiger charge is -2.38. The highest BCUT2D eigenvalue weighted by molar-refractivity contribution is 5.86. The molecule has 110 valence electrons. The molecule has 21 heavy (non-hydrogen) atoms. The van der Waals surface area contributed by atoms with Crippen molar-refractivity contribution in [3.8, 4) is 0 Å². The zero-order valence-corrected chi connectivity index (χ0v) is 12.7. The van der Waals surface area contributed by atoms with E-state index in [4.69, 9.17) is 5.73 Å². The van der Waals surface area contributed by atoms with Gasteiger partial charge >= 0.3 is 0 Å². The van der Waals surface area contributed by atoms with Gasteiger partial charge in [-0.1, -0.05) is 24.3 Å². The molecule has 1 aromatic carbocycles. The quantitative estimate of drug-likeness (QED) is 0.875. The van der Waals surface area contributed by atoms with E-state index in [0.29, 0.717) is 6.42 Å². The molecule has 0 bridgehead atoms. The lowest BCUT2D eigenvalue weighted by atomic mass is 9.95. The summed E-state index contributed by atoms with van der Waals surface area (Å²) in [6.45, 7) is 6.15. The summed E-state index contributed by atoms with van der Waals surface area (Å²) >= 11 is 0. The normalized spacial score (nSPS) is 23.0. The predicted octanol–water partition coefficient (Wildman–Crippen LogP) is 2.63. The van der Waals surface area contributed by atoms with Crippen LogP contribution < -0.4 is 5.73 Å². The zero-order chi connectivity index (χ0) is 15.2. The molecule has 2 heterocycles. The number of benzene rings is 1. The van der Waals surface area contributed by atoms with E-state index in [9.17, 15) is 4.79 Å². The first-order chi connectivity index (χ1) is 9.89. The number of hydrogen-bond acceptors (Lipinski definition) is 3. The lowest BCUT2D eigenvalue weighted by molar-refractivity contribution is -0.133. The number of fused-ring (bicyclic) bond motifs is 1. The van der Waals surface area contributed by atoms with Crippen molar-refractivity contribution in [2.24, 2.45) is 5.73 Å². The Labute approximate surface area is 125 Å². The van der Waals surface area contributed by atoms with Crippen LogP contribution in [-0.2, 0) is 4.79 Å². The second-order valence-electron chi connectivity index (χ2n) is 6.67. The van der Waals surface area contributed by atoms with Gasteiger partial charge < -0.3 is 10.6 Å². The minimum atomic E-state index is -0.257. The standard InChI is InChI=1S/C17H21N3O/c1-17(2,3)20-14(21)10-13(18)16(20)12-8-4-6-11-7-5-9-19-15(11)12/h4-9,13,16H,10,18H2,1-3H3. The Morgan fingerprint density at radius 1 is 1.24 bits per heavy atom. The van der Waals surface area contributed by atoms with Gasteiger partial charge in [0.2, 0.25) is 5.91 Å². The molecule has 1 aliphatic rings. The lowest BCUT2D eigenvalue weighted by Crippen LogP contribution is -2.45. The van der Waals surface area contributed by atoms with Gasteiger partial charge in [-0.2, -0.15) is 0 Å². The third-order valence-corrected chi connectivity index (χ3v) is 4.07. The molecule has 2 aromatic rings. The SMILES string of the molecule is CC(C)(C)N1C(=O)CC(N)C1c1cccc2cccnc12. The minimum Gasteiger partial charge on any atom is -0.329 e. The Kier molecular flexibility index (Phi) is 3.21. The second-order valence-corrected chi connectivity index (χ2v) is 6.67. The average molecular weight is 283 g/mol. The smallest absolute Gasteiger partial charge is 0.225 e. The van der Waals surface area contributed by atoms with Crippen molar-refractivity contribution >= 4 is 16.8 Å². The van der Waals surface area contributed by atoms with E-state index in [-0.39, 0.29) is 23.5 Å². The van der Waals surface area contributed by atoms with Crippen LogP contribution in [0.3, 0.4) is 0 Å². The van der Waals surface area contributed by atoms with Crippen molar-refractivity contribution in [2.45, 2.75) is 44.8 Å². The van der Waals surface area contributed by atoms with Crippen molar-refractivity contribution in [3.63, 3.8) is 0 Å². The number of carbonyl (C=O) groups is 1. The van der Waals surface area contributed by atoms with Gasteiger partial charge in [0.1, 0.15) is 0 Å². The third kappa shape index (κ3) is 2.29. The Morgan fingerprint density at radius 2 is 1.95 bits per heavy atom.